The second-order valence-electron chi connectivity index (χ2n) is 5.65. The van der Waals surface area contributed by atoms with Crippen molar-refractivity contribution in [3.63, 3.8) is 0 Å². The number of hydrogen-bond acceptors (Lipinski definition) is 3. The average molecular weight is 311 g/mol. The van der Waals surface area contributed by atoms with Gasteiger partial charge >= 0.3 is 5.97 Å². The fraction of sp³-hybridized carbons (Fsp3) is 0.263. The SMILES string of the molecule is COC(=O)c1c(C)cc(C(=O)NCc2cccc(C)c2)cc1C. The summed E-state index contributed by atoms with van der Waals surface area (Å²) < 4.78 is 4.78. The average Bonchev–Trinajstić information content (AvgIpc) is 2.51. The number of methoxy groups -OCH3 is 1. The number of aryl methyl sites for hydroxylation is 3. The van der Waals surface area contributed by atoms with Crippen LogP contribution in [0.25, 0.3) is 0 Å². The van der Waals surface area contributed by atoms with Crippen LogP contribution in [0.5, 0.6) is 0 Å². The number of esters is 1. The summed E-state index contributed by atoms with van der Waals surface area (Å²) in [6.45, 7) is 6.09. The van der Waals surface area contributed by atoms with Crippen LogP contribution in [0.1, 0.15) is 43.0 Å². The molecule has 0 heterocycles. The minimum Gasteiger partial charge on any atom is -0.465 e. The summed E-state index contributed by atoms with van der Waals surface area (Å²) in [5, 5.41) is 2.90. The van der Waals surface area contributed by atoms with Crippen molar-refractivity contribution >= 4 is 11.9 Å². The van der Waals surface area contributed by atoms with Crippen molar-refractivity contribution in [2.75, 3.05) is 7.11 Å². The molecule has 0 aliphatic carbocycles. The van der Waals surface area contributed by atoms with Crippen LogP contribution in [0.2, 0.25) is 0 Å². The summed E-state index contributed by atoms with van der Waals surface area (Å²) in [6, 6.07) is 11.4. The van der Waals surface area contributed by atoms with Gasteiger partial charge < -0.3 is 10.1 Å². The maximum Gasteiger partial charge on any atom is 0.338 e. The van der Waals surface area contributed by atoms with Gasteiger partial charge in [0.2, 0.25) is 0 Å². The first-order chi connectivity index (χ1) is 10.9. The molecule has 2 aromatic carbocycles. The van der Waals surface area contributed by atoms with Gasteiger partial charge in [-0.1, -0.05) is 29.8 Å². The molecule has 0 saturated carbocycles. The quantitative estimate of drug-likeness (QED) is 0.881. The van der Waals surface area contributed by atoms with E-state index in [-0.39, 0.29) is 11.9 Å². The molecule has 2 rings (SSSR count). The molecular weight excluding hydrogens is 290 g/mol. The molecule has 0 unspecified atom stereocenters. The Morgan fingerprint density at radius 1 is 1.04 bits per heavy atom. The molecule has 4 nitrogen and oxygen atoms in total. The minimum absolute atomic E-state index is 0.158. The van der Waals surface area contributed by atoms with Gasteiger partial charge in [-0.3, -0.25) is 4.79 Å². The summed E-state index contributed by atoms with van der Waals surface area (Å²) in [7, 11) is 1.35. The molecule has 1 N–H and O–H groups in total. The Balaban J connectivity index is 2.15. The second kappa shape index (κ2) is 7.09. The van der Waals surface area contributed by atoms with Crippen molar-refractivity contribution in [3.8, 4) is 0 Å². The van der Waals surface area contributed by atoms with Gasteiger partial charge in [0, 0.05) is 12.1 Å². The number of ether oxygens (including phenoxy) is 1. The number of carbonyl (C=O) groups excluding carboxylic acids is 2. The van der Waals surface area contributed by atoms with E-state index in [1.807, 2.05) is 31.2 Å². The van der Waals surface area contributed by atoms with Gasteiger partial charge in [0.25, 0.3) is 5.91 Å². The lowest BCUT2D eigenvalue weighted by atomic mass is 9.99. The van der Waals surface area contributed by atoms with E-state index in [0.29, 0.717) is 17.7 Å². The van der Waals surface area contributed by atoms with E-state index in [2.05, 4.69) is 5.32 Å². The monoisotopic (exact) mass is 311 g/mol. The highest BCUT2D eigenvalue weighted by atomic mass is 16.5. The summed E-state index contributed by atoms with van der Waals surface area (Å²) in [5.74, 6) is -0.541. The maximum atomic E-state index is 12.3. The molecule has 0 aromatic heterocycles. The molecule has 1 amide bonds. The highest BCUT2D eigenvalue weighted by molar-refractivity contribution is 5.98. The van der Waals surface area contributed by atoms with Crippen LogP contribution in [-0.2, 0) is 11.3 Å². The summed E-state index contributed by atoms with van der Waals surface area (Å²) in [4.78, 5) is 24.1. The van der Waals surface area contributed by atoms with Gasteiger partial charge in [-0.25, -0.2) is 4.79 Å². The van der Waals surface area contributed by atoms with Gasteiger partial charge in [0.1, 0.15) is 0 Å². The Hall–Kier alpha value is -2.62. The number of amides is 1. The zero-order valence-corrected chi connectivity index (χ0v) is 13.9. The molecule has 2 aromatic rings. The first-order valence-corrected chi connectivity index (χ1v) is 7.45. The molecule has 0 saturated heterocycles. The standard InChI is InChI=1S/C19H21NO3/c1-12-6-5-7-15(8-12)11-20-18(21)16-9-13(2)17(14(3)10-16)19(22)23-4/h5-10H,11H2,1-4H3,(H,20,21). The minimum atomic E-state index is -0.383. The van der Waals surface area contributed by atoms with Gasteiger partial charge in [-0.2, -0.15) is 0 Å². The van der Waals surface area contributed by atoms with Crippen molar-refractivity contribution in [2.45, 2.75) is 27.3 Å². The second-order valence-corrected chi connectivity index (χ2v) is 5.65. The van der Waals surface area contributed by atoms with E-state index in [0.717, 1.165) is 22.3 Å². The van der Waals surface area contributed by atoms with Crippen molar-refractivity contribution in [1.29, 1.82) is 0 Å². The molecule has 0 bridgehead atoms. The van der Waals surface area contributed by atoms with E-state index in [9.17, 15) is 9.59 Å². The van der Waals surface area contributed by atoms with Gasteiger partial charge in [-0.15, -0.1) is 0 Å². The highest BCUT2D eigenvalue weighted by Crippen LogP contribution is 2.18. The first-order valence-electron chi connectivity index (χ1n) is 7.45. The van der Waals surface area contributed by atoms with E-state index >= 15 is 0 Å². The zero-order chi connectivity index (χ0) is 17.0. The lowest BCUT2D eigenvalue weighted by molar-refractivity contribution is 0.0598. The largest absolute Gasteiger partial charge is 0.465 e. The molecule has 0 radical (unpaired) electrons. The van der Waals surface area contributed by atoms with E-state index < -0.39 is 0 Å². The van der Waals surface area contributed by atoms with Crippen LogP contribution < -0.4 is 5.32 Å². The number of nitrogens with one attached hydrogen (secondary N) is 1. The normalized spacial score (nSPS) is 10.3. The van der Waals surface area contributed by atoms with Crippen LogP contribution in [0.15, 0.2) is 36.4 Å². The fourth-order valence-corrected chi connectivity index (χ4v) is 2.63. The lowest BCUT2D eigenvalue weighted by Gasteiger charge is -2.11. The predicted molar refractivity (Wildman–Crippen MR) is 89.6 cm³/mol. The third kappa shape index (κ3) is 3.97. The van der Waals surface area contributed by atoms with E-state index in [1.54, 1.807) is 26.0 Å². The van der Waals surface area contributed by atoms with Gasteiger partial charge in [0.05, 0.1) is 12.7 Å². The van der Waals surface area contributed by atoms with Crippen LogP contribution in [-0.4, -0.2) is 19.0 Å². The molecule has 23 heavy (non-hydrogen) atoms. The van der Waals surface area contributed by atoms with Crippen LogP contribution in [0, 0.1) is 20.8 Å². The van der Waals surface area contributed by atoms with Crippen molar-refractivity contribution in [1.82, 2.24) is 5.32 Å². The molecule has 4 heteroatoms. The fourth-order valence-electron chi connectivity index (χ4n) is 2.63. The maximum absolute atomic E-state index is 12.3. The Labute approximate surface area is 136 Å². The molecule has 0 spiro atoms. The topological polar surface area (TPSA) is 55.4 Å². The predicted octanol–water partition coefficient (Wildman–Crippen LogP) is 3.33. The zero-order valence-electron chi connectivity index (χ0n) is 13.9. The summed E-state index contributed by atoms with van der Waals surface area (Å²) in [5.41, 5.74) is 4.74. The third-order valence-electron chi connectivity index (χ3n) is 3.72. The number of hydrogen-bond donors (Lipinski definition) is 1. The Morgan fingerprint density at radius 2 is 1.70 bits per heavy atom. The van der Waals surface area contributed by atoms with Crippen LogP contribution in [0.3, 0.4) is 0 Å². The Morgan fingerprint density at radius 3 is 2.26 bits per heavy atom. The lowest BCUT2D eigenvalue weighted by Crippen LogP contribution is -2.23. The van der Waals surface area contributed by atoms with Crippen molar-refractivity contribution < 1.29 is 14.3 Å². The Kier molecular flexibility index (Phi) is 5.16. The molecule has 120 valence electrons. The molecule has 0 aliphatic rings. The molecular formula is C19H21NO3. The van der Waals surface area contributed by atoms with E-state index in [4.69, 9.17) is 4.74 Å². The number of rotatable bonds is 4. The Bertz CT molecular complexity index is 727. The summed E-state index contributed by atoms with van der Waals surface area (Å²) >= 11 is 0. The molecule has 0 fully saturated rings. The van der Waals surface area contributed by atoms with Gasteiger partial charge in [0.15, 0.2) is 0 Å². The smallest absolute Gasteiger partial charge is 0.338 e. The number of carbonyl (C=O) groups is 2. The molecule has 0 aliphatic heterocycles. The first kappa shape index (κ1) is 16.7. The summed E-state index contributed by atoms with van der Waals surface area (Å²) in [6.07, 6.45) is 0. The van der Waals surface area contributed by atoms with Gasteiger partial charge in [-0.05, 0) is 49.6 Å². The van der Waals surface area contributed by atoms with E-state index in [1.165, 1.54) is 7.11 Å². The van der Waals surface area contributed by atoms with Crippen LogP contribution in [0.4, 0.5) is 0 Å². The molecule has 0 atom stereocenters. The third-order valence-corrected chi connectivity index (χ3v) is 3.72. The van der Waals surface area contributed by atoms with Crippen LogP contribution >= 0.6 is 0 Å². The highest BCUT2D eigenvalue weighted by Gasteiger charge is 2.16. The van der Waals surface area contributed by atoms with Crippen molar-refractivity contribution in [2.24, 2.45) is 0 Å². The number of benzene rings is 2. The van der Waals surface area contributed by atoms with Crippen molar-refractivity contribution in [3.05, 3.63) is 69.8 Å².